The van der Waals surface area contributed by atoms with E-state index >= 15 is 0 Å². The molecule has 1 aliphatic rings. The third-order valence-corrected chi connectivity index (χ3v) is 6.21. The number of carbonyl (C=O) groups is 2. The van der Waals surface area contributed by atoms with Crippen molar-refractivity contribution in [2.24, 2.45) is 0 Å². The molecule has 0 bridgehead atoms. The van der Waals surface area contributed by atoms with Gasteiger partial charge in [-0.15, -0.1) is 0 Å². The Hall–Kier alpha value is -4.02. The number of likely N-dealkylation sites (tertiary alicyclic amines) is 1. The molecule has 37 heavy (non-hydrogen) atoms. The number of hydrogen-bond donors (Lipinski definition) is 2. The average molecular weight is 516 g/mol. The van der Waals surface area contributed by atoms with Crippen LogP contribution in [-0.2, 0) is 10.9 Å². The molecule has 1 aliphatic heterocycles. The lowest BCUT2D eigenvalue weighted by Crippen LogP contribution is -2.52. The van der Waals surface area contributed by atoms with Gasteiger partial charge in [0.2, 0.25) is 0 Å². The van der Waals surface area contributed by atoms with Crippen LogP contribution in [0.2, 0.25) is 0 Å². The van der Waals surface area contributed by atoms with Crippen LogP contribution < -0.4 is 5.32 Å². The highest BCUT2D eigenvalue weighted by molar-refractivity contribution is 6.15. The van der Waals surface area contributed by atoms with Gasteiger partial charge in [0.05, 0.1) is 22.9 Å². The fourth-order valence-electron chi connectivity index (χ4n) is 4.40. The van der Waals surface area contributed by atoms with E-state index in [4.69, 9.17) is 4.74 Å². The summed E-state index contributed by atoms with van der Waals surface area (Å²) in [6, 6.07) is 6.96. The number of nitrogens with zero attached hydrogens (tertiary/aromatic N) is 2. The largest absolute Gasteiger partial charge is 0.444 e. The highest BCUT2D eigenvalue weighted by Gasteiger charge is 2.37. The van der Waals surface area contributed by atoms with E-state index < -0.39 is 35.2 Å². The van der Waals surface area contributed by atoms with E-state index in [1.54, 1.807) is 25.3 Å². The Morgan fingerprint density at radius 1 is 1.05 bits per heavy atom. The SMILES string of the molecule is CC(C)(C)OC(=O)N1CC(n2cc(C(=O)Nc3c[nH]c4ccc(F)cc34)c3ccc(C(F)(F)F)cc32)C1. The molecule has 3 heterocycles. The van der Waals surface area contributed by atoms with E-state index in [2.05, 4.69) is 10.3 Å². The second kappa shape index (κ2) is 8.53. The molecule has 11 heteroatoms. The average Bonchev–Trinajstić information content (AvgIpc) is 3.32. The summed E-state index contributed by atoms with van der Waals surface area (Å²) in [5, 5.41) is 3.52. The molecule has 2 N–H and O–H groups in total. The van der Waals surface area contributed by atoms with E-state index in [1.165, 1.54) is 41.6 Å². The van der Waals surface area contributed by atoms with Crippen molar-refractivity contribution in [2.75, 3.05) is 18.4 Å². The number of carbonyl (C=O) groups excluding carboxylic acids is 2. The Balaban J connectivity index is 1.48. The lowest BCUT2D eigenvalue weighted by molar-refractivity contribution is -0.137. The molecular weight excluding hydrogens is 492 g/mol. The number of aromatic nitrogens is 2. The van der Waals surface area contributed by atoms with Crippen LogP contribution in [0.25, 0.3) is 21.8 Å². The molecule has 2 aromatic carbocycles. The maximum Gasteiger partial charge on any atom is 0.416 e. The van der Waals surface area contributed by atoms with Gasteiger partial charge in [-0.25, -0.2) is 9.18 Å². The molecule has 0 aliphatic carbocycles. The molecule has 4 aromatic rings. The van der Waals surface area contributed by atoms with Crippen LogP contribution in [0.5, 0.6) is 0 Å². The highest BCUT2D eigenvalue weighted by atomic mass is 19.4. The van der Waals surface area contributed by atoms with Gasteiger partial charge in [-0.1, -0.05) is 6.07 Å². The van der Waals surface area contributed by atoms with E-state index in [0.717, 1.165) is 12.1 Å². The maximum absolute atomic E-state index is 13.8. The summed E-state index contributed by atoms with van der Waals surface area (Å²) >= 11 is 0. The van der Waals surface area contributed by atoms with Crippen molar-refractivity contribution in [2.45, 2.75) is 38.6 Å². The minimum absolute atomic E-state index is 0.158. The van der Waals surface area contributed by atoms with Crippen LogP contribution in [0.4, 0.5) is 28.0 Å². The third kappa shape index (κ3) is 4.73. The van der Waals surface area contributed by atoms with Crippen LogP contribution in [0.15, 0.2) is 48.8 Å². The Morgan fingerprint density at radius 3 is 2.46 bits per heavy atom. The Morgan fingerprint density at radius 2 is 1.78 bits per heavy atom. The molecule has 2 aromatic heterocycles. The van der Waals surface area contributed by atoms with Crippen molar-refractivity contribution in [3.8, 4) is 0 Å². The first kappa shape index (κ1) is 24.7. The van der Waals surface area contributed by atoms with Gasteiger partial charge in [0, 0.05) is 47.3 Å². The number of amides is 2. The molecule has 5 rings (SSSR count). The normalized spacial score (nSPS) is 14.7. The van der Waals surface area contributed by atoms with E-state index in [1.807, 2.05) is 0 Å². The number of rotatable bonds is 3. The monoisotopic (exact) mass is 516 g/mol. The first-order chi connectivity index (χ1) is 17.3. The summed E-state index contributed by atoms with van der Waals surface area (Å²) in [4.78, 5) is 30.0. The van der Waals surface area contributed by atoms with Gasteiger partial charge in [0.25, 0.3) is 5.91 Å². The van der Waals surface area contributed by atoms with Crippen molar-refractivity contribution in [1.29, 1.82) is 0 Å². The van der Waals surface area contributed by atoms with Gasteiger partial charge in [-0.05, 0) is 51.1 Å². The maximum atomic E-state index is 13.8. The predicted molar refractivity (Wildman–Crippen MR) is 130 cm³/mol. The summed E-state index contributed by atoms with van der Waals surface area (Å²) < 4.78 is 61.1. The fraction of sp³-hybridized carbons (Fsp3) is 0.308. The van der Waals surface area contributed by atoms with E-state index in [9.17, 15) is 27.2 Å². The molecule has 194 valence electrons. The van der Waals surface area contributed by atoms with E-state index in [-0.39, 0.29) is 30.2 Å². The minimum atomic E-state index is -4.57. The lowest BCUT2D eigenvalue weighted by Gasteiger charge is -2.40. The van der Waals surface area contributed by atoms with Gasteiger partial charge < -0.3 is 24.5 Å². The number of H-pyrrole nitrogens is 1. The molecule has 2 amide bonds. The number of nitrogens with one attached hydrogen (secondary N) is 2. The number of fused-ring (bicyclic) bond motifs is 2. The molecule has 7 nitrogen and oxygen atoms in total. The second-order valence-electron chi connectivity index (χ2n) is 10.1. The van der Waals surface area contributed by atoms with E-state index in [0.29, 0.717) is 22.0 Å². The van der Waals surface area contributed by atoms with Crippen molar-refractivity contribution >= 4 is 39.5 Å². The number of aromatic amines is 1. The molecule has 0 saturated carbocycles. The van der Waals surface area contributed by atoms with Gasteiger partial charge in [0.15, 0.2) is 0 Å². The van der Waals surface area contributed by atoms with Crippen molar-refractivity contribution in [3.63, 3.8) is 0 Å². The molecule has 0 radical (unpaired) electrons. The Labute approximate surface area is 209 Å². The minimum Gasteiger partial charge on any atom is -0.444 e. The summed E-state index contributed by atoms with van der Waals surface area (Å²) in [6.07, 6.45) is -2.07. The number of benzene rings is 2. The zero-order valence-corrected chi connectivity index (χ0v) is 20.2. The predicted octanol–water partition coefficient (Wildman–Crippen LogP) is 6.32. The van der Waals surface area contributed by atoms with Gasteiger partial charge in [-0.3, -0.25) is 4.79 Å². The highest BCUT2D eigenvalue weighted by Crippen LogP contribution is 2.36. The zero-order chi connectivity index (χ0) is 26.7. The Bertz CT molecular complexity index is 1520. The van der Waals surface area contributed by atoms with Crippen LogP contribution >= 0.6 is 0 Å². The summed E-state index contributed by atoms with van der Waals surface area (Å²) in [5.41, 5.74) is -0.191. The third-order valence-electron chi connectivity index (χ3n) is 6.21. The topological polar surface area (TPSA) is 79.4 Å². The lowest BCUT2D eigenvalue weighted by atomic mass is 10.1. The Kier molecular flexibility index (Phi) is 5.69. The molecule has 1 saturated heterocycles. The van der Waals surface area contributed by atoms with Crippen LogP contribution in [0.1, 0.15) is 42.7 Å². The number of ether oxygens (including phenoxy) is 1. The van der Waals surface area contributed by atoms with Gasteiger partial charge in [0.1, 0.15) is 11.4 Å². The first-order valence-electron chi connectivity index (χ1n) is 11.6. The van der Waals surface area contributed by atoms with Gasteiger partial charge >= 0.3 is 12.3 Å². The molecule has 1 fully saturated rings. The first-order valence-corrected chi connectivity index (χ1v) is 11.6. The number of anilines is 1. The smallest absolute Gasteiger partial charge is 0.416 e. The fourth-order valence-corrected chi connectivity index (χ4v) is 4.40. The molecular formula is C26H24F4N4O3. The summed E-state index contributed by atoms with van der Waals surface area (Å²) in [6.45, 7) is 5.67. The van der Waals surface area contributed by atoms with Gasteiger partial charge in [-0.2, -0.15) is 13.2 Å². The van der Waals surface area contributed by atoms with Crippen LogP contribution in [-0.4, -0.2) is 45.1 Å². The number of alkyl halides is 3. The zero-order valence-electron chi connectivity index (χ0n) is 20.2. The molecule has 0 spiro atoms. The van der Waals surface area contributed by atoms with Crippen molar-refractivity contribution in [3.05, 3.63) is 65.7 Å². The summed E-state index contributed by atoms with van der Waals surface area (Å²) in [7, 11) is 0. The number of halogens is 4. The standard InChI is InChI=1S/C26H24F4N4O3/c1-25(2,3)37-24(36)33-11-16(12-33)34-13-19(17-6-4-14(8-22(17)34)26(28,29)30)23(35)32-21-10-31-20-7-5-15(27)9-18(20)21/h4-10,13,16,31H,11-12H2,1-3H3,(H,32,35). The van der Waals surface area contributed by atoms with Crippen LogP contribution in [0, 0.1) is 5.82 Å². The summed E-state index contributed by atoms with van der Waals surface area (Å²) in [5.74, 6) is -1.03. The molecule has 0 atom stereocenters. The van der Waals surface area contributed by atoms with Crippen molar-refractivity contribution in [1.82, 2.24) is 14.5 Å². The van der Waals surface area contributed by atoms with Crippen LogP contribution in [0.3, 0.4) is 0 Å². The second-order valence-corrected chi connectivity index (χ2v) is 10.1. The molecule has 0 unspecified atom stereocenters. The number of hydrogen-bond acceptors (Lipinski definition) is 3. The quantitative estimate of drug-likeness (QED) is 0.313. The van der Waals surface area contributed by atoms with Crippen molar-refractivity contribution < 1.29 is 31.9 Å².